The first-order chi connectivity index (χ1) is 17.7. The number of anilines is 1. The van der Waals surface area contributed by atoms with Crippen molar-refractivity contribution < 1.29 is 17.9 Å². The number of amides is 1. The molecular weight excluding hydrogens is 506 g/mol. The lowest BCUT2D eigenvalue weighted by Crippen LogP contribution is -2.39. The summed E-state index contributed by atoms with van der Waals surface area (Å²) in [6, 6.07) is 21.2. The number of benzene rings is 3. The average molecular weight is 538 g/mol. The van der Waals surface area contributed by atoms with Gasteiger partial charge in [0, 0.05) is 11.5 Å². The molecular formula is C28H31N3O4S2. The van der Waals surface area contributed by atoms with E-state index in [1.807, 2.05) is 55.1 Å². The van der Waals surface area contributed by atoms with Gasteiger partial charge in [-0.1, -0.05) is 55.8 Å². The van der Waals surface area contributed by atoms with Crippen LogP contribution < -0.4 is 14.5 Å². The van der Waals surface area contributed by atoms with E-state index in [0.29, 0.717) is 11.6 Å². The highest BCUT2D eigenvalue weighted by molar-refractivity contribution is 8.00. The van der Waals surface area contributed by atoms with Gasteiger partial charge in [-0.3, -0.25) is 9.10 Å². The van der Waals surface area contributed by atoms with Crippen LogP contribution in [0.3, 0.4) is 0 Å². The molecule has 1 amide bonds. The van der Waals surface area contributed by atoms with Crippen molar-refractivity contribution in [2.75, 3.05) is 22.4 Å². The third-order valence-electron chi connectivity index (χ3n) is 5.92. The Balaban J connectivity index is 1.50. The van der Waals surface area contributed by atoms with Gasteiger partial charge in [-0.05, 0) is 60.4 Å². The summed E-state index contributed by atoms with van der Waals surface area (Å²) in [5.74, 6) is 2.46. The van der Waals surface area contributed by atoms with E-state index >= 15 is 0 Å². The number of rotatable bonds is 10. The first-order valence-electron chi connectivity index (χ1n) is 12.1. The number of carbonyl (C=O) groups is 1. The average Bonchev–Trinajstić information content (AvgIpc) is 2.85. The minimum absolute atomic E-state index is 0.115. The van der Waals surface area contributed by atoms with Crippen molar-refractivity contribution in [1.82, 2.24) is 5.43 Å². The van der Waals surface area contributed by atoms with Gasteiger partial charge >= 0.3 is 0 Å². The van der Waals surface area contributed by atoms with Crippen molar-refractivity contribution >= 4 is 39.6 Å². The second kappa shape index (κ2) is 11.8. The van der Waals surface area contributed by atoms with Crippen LogP contribution in [0.2, 0.25) is 0 Å². The summed E-state index contributed by atoms with van der Waals surface area (Å²) < 4.78 is 34.1. The highest BCUT2D eigenvalue weighted by Gasteiger charge is 2.27. The van der Waals surface area contributed by atoms with Crippen molar-refractivity contribution in [1.29, 1.82) is 0 Å². The lowest BCUT2D eigenvalue weighted by Gasteiger charge is -2.25. The predicted octanol–water partition coefficient (Wildman–Crippen LogP) is 4.96. The lowest BCUT2D eigenvalue weighted by atomic mass is 10.0. The number of hydrogen-bond acceptors (Lipinski definition) is 6. The number of nitrogens with one attached hydrogen (secondary N) is 1. The van der Waals surface area contributed by atoms with Crippen molar-refractivity contribution in [3.63, 3.8) is 0 Å². The molecule has 3 aromatic rings. The largest absolute Gasteiger partial charge is 0.489 e. The van der Waals surface area contributed by atoms with Gasteiger partial charge in [-0.25, -0.2) is 13.8 Å². The second-order valence-corrected chi connectivity index (χ2v) is 12.2. The van der Waals surface area contributed by atoms with Gasteiger partial charge < -0.3 is 4.74 Å². The lowest BCUT2D eigenvalue weighted by molar-refractivity contribution is -0.119. The molecule has 9 heteroatoms. The fourth-order valence-corrected chi connectivity index (χ4v) is 5.65. The number of hydrogen-bond donors (Lipinski definition) is 1. The Labute approximate surface area is 223 Å². The van der Waals surface area contributed by atoms with E-state index in [2.05, 4.69) is 24.4 Å². The van der Waals surface area contributed by atoms with E-state index < -0.39 is 22.5 Å². The SMILES string of the molecule is Cc1ccc(S(=O)(=O)N(CC(=O)N/N=C\c2cccc(OC3CSC3)c2)c2ccc(C(C)C)cc2)cc1. The zero-order chi connectivity index (χ0) is 26.4. The zero-order valence-electron chi connectivity index (χ0n) is 21.1. The van der Waals surface area contributed by atoms with E-state index in [9.17, 15) is 13.2 Å². The molecule has 1 heterocycles. The summed E-state index contributed by atoms with van der Waals surface area (Å²) in [6.45, 7) is 5.60. The van der Waals surface area contributed by atoms with Crippen LogP contribution in [0.1, 0.15) is 36.5 Å². The van der Waals surface area contributed by atoms with Crippen molar-refractivity contribution in [2.45, 2.75) is 37.7 Å². The number of hydrazone groups is 1. The minimum Gasteiger partial charge on any atom is -0.489 e. The maximum Gasteiger partial charge on any atom is 0.264 e. The number of nitrogens with zero attached hydrogens (tertiary/aromatic N) is 2. The van der Waals surface area contributed by atoms with Gasteiger partial charge in [0.05, 0.1) is 16.8 Å². The highest BCUT2D eigenvalue weighted by Crippen LogP contribution is 2.26. The summed E-state index contributed by atoms with van der Waals surface area (Å²) >= 11 is 1.85. The Morgan fingerprint density at radius 2 is 1.81 bits per heavy atom. The van der Waals surface area contributed by atoms with Crippen LogP contribution in [0.5, 0.6) is 5.75 Å². The molecule has 7 nitrogen and oxygen atoms in total. The van der Waals surface area contributed by atoms with E-state index in [0.717, 1.165) is 38.3 Å². The zero-order valence-corrected chi connectivity index (χ0v) is 22.8. The van der Waals surface area contributed by atoms with Gasteiger partial charge in [0.2, 0.25) is 0 Å². The molecule has 0 atom stereocenters. The summed E-state index contributed by atoms with van der Waals surface area (Å²) in [5, 5.41) is 4.04. The van der Waals surface area contributed by atoms with Gasteiger partial charge in [0.15, 0.2) is 0 Å². The standard InChI is InChI=1S/C28H31N3O4S2/c1-20(2)23-9-11-24(12-10-23)31(37(33,34)27-13-7-21(3)8-14-27)17-28(32)30-29-16-22-5-4-6-25(15-22)35-26-18-36-19-26/h4-16,20,26H,17-19H2,1-3H3,(H,30,32)/b29-16-. The number of ether oxygens (including phenoxy) is 1. The first kappa shape index (κ1) is 26.8. The molecule has 37 heavy (non-hydrogen) atoms. The van der Waals surface area contributed by atoms with Gasteiger partial charge in [0.1, 0.15) is 18.4 Å². The third-order valence-corrected chi connectivity index (χ3v) is 8.92. The van der Waals surface area contributed by atoms with Gasteiger partial charge in [-0.2, -0.15) is 16.9 Å². The van der Waals surface area contributed by atoms with Gasteiger partial charge in [-0.15, -0.1) is 0 Å². The van der Waals surface area contributed by atoms with E-state index in [4.69, 9.17) is 4.74 Å². The van der Waals surface area contributed by atoms with E-state index in [1.165, 1.54) is 6.21 Å². The molecule has 0 spiro atoms. The summed E-state index contributed by atoms with van der Waals surface area (Å²) in [5.41, 5.74) is 5.65. The predicted molar refractivity (Wildman–Crippen MR) is 150 cm³/mol. The number of sulfonamides is 1. The Hall–Kier alpha value is -3.30. The van der Waals surface area contributed by atoms with E-state index in [-0.39, 0.29) is 11.0 Å². The molecule has 3 aromatic carbocycles. The molecule has 0 aromatic heterocycles. The smallest absolute Gasteiger partial charge is 0.264 e. The fourth-order valence-electron chi connectivity index (χ4n) is 3.67. The summed E-state index contributed by atoms with van der Waals surface area (Å²) in [7, 11) is -3.99. The molecule has 1 saturated heterocycles. The quantitative estimate of drug-likeness (QED) is 0.292. The molecule has 0 radical (unpaired) electrons. The summed E-state index contributed by atoms with van der Waals surface area (Å²) in [4.78, 5) is 12.9. The monoisotopic (exact) mass is 537 g/mol. The Bertz CT molecular complexity index is 1350. The molecule has 0 bridgehead atoms. The maximum absolute atomic E-state index is 13.5. The fraction of sp³-hybridized carbons (Fsp3) is 0.286. The number of thioether (sulfide) groups is 1. The second-order valence-electron chi connectivity index (χ2n) is 9.21. The molecule has 0 saturated carbocycles. The molecule has 1 aliphatic rings. The molecule has 0 aliphatic carbocycles. The third kappa shape index (κ3) is 6.93. The van der Waals surface area contributed by atoms with Gasteiger partial charge in [0.25, 0.3) is 15.9 Å². The molecule has 4 rings (SSSR count). The molecule has 1 fully saturated rings. The molecule has 194 valence electrons. The topological polar surface area (TPSA) is 88.1 Å². The first-order valence-corrected chi connectivity index (χ1v) is 14.7. The van der Waals surface area contributed by atoms with Crippen LogP contribution in [0, 0.1) is 6.92 Å². The van der Waals surface area contributed by atoms with Crippen LogP contribution in [-0.4, -0.2) is 44.7 Å². The van der Waals surface area contributed by atoms with Crippen LogP contribution in [0.25, 0.3) is 0 Å². The Kier molecular flexibility index (Phi) is 8.56. The van der Waals surface area contributed by atoms with Crippen LogP contribution in [0.15, 0.2) is 82.8 Å². The Morgan fingerprint density at radius 3 is 2.43 bits per heavy atom. The van der Waals surface area contributed by atoms with Crippen molar-refractivity contribution in [2.24, 2.45) is 5.10 Å². The van der Waals surface area contributed by atoms with Crippen LogP contribution in [-0.2, 0) is 14.8 Å². The Morgan fingerprint density at radius 1 is 1.11 bits per heavy atom. The van der Waals surface area contributed by atoms with Crippen LogP contribution in [0.4, 0.5) is 5.69 Å². The summed E-state index contributed by atoms with van der Waals surface area (Å²) in [6.07, 6.45) is 1.74. The molecule has 1 N–H and O–H groups in total. The molecule has 0 unspecified atom stereocenters. The molecule has 1 aliphatic heterocycles. The highest BCUT2D eigenvalue weighted by atomic mass is 32.2. The number of carbonyl (C=O) groups excluding carboxylic acids is 1. The van der Waals surface area contributed by atoms with Crippen molar-refractivity contribution in [3.8, 4) is 5.75 Å². The van der Waals surface area contributed by atoms with E-state index in [1.54, 1.807) is 36.4 Å². The van der Waals surface area contributed by atoms with Crippen molar-refractivity contribution in [3.05, 3.63) is 89.5 Å². The minimum atomic E-state index is -3.99. The normalized spacial score (nSPS) is 13.9. The van der Waals surface area contributed by atoms with Crippen LogP contribution >= 0.6 is 11.8 Å². The maximum atomic E-state index is 13.5. The number of aryl methyl sites for hydroxylation is 1.